The van der Waals surface area contributed by atoms with Gasteiger partial charge in [-0.15, -0.1) is 0 Å². The topological polar surface area (TPSA) is 72.2 Å². The van der Waals surface area contributed by atoms with Gasteiger partial charge < -0.3 is 5.11 Å². The molecule has 1 heterocycles. The summed E-state index contributed by atoms with van der Waals surface area (Å²) in [6.45, 7) is 3.71. The van der Waals surface area contributed by atoms with Crippen LogP contribution in [0.4, 0.5) is 0 Å². The SMILES string of the molecule is CC(C)n1cc(-c2ccc(Cl)cc2)c(=O)c(C(=O)O)n1. The number of nitrogens with zero attached hydrogens (tertiary/aromatic N) is 2. The second kappa shape index (κ2) is 5.46. The third-order valence-electron chi connectivity index (χ3n) is 2.82. The monoisotopic (exact) mass is 292 g/mol. The highest BCUT2D eigenvalue weighted by atomic mass is 35.5. The standard InChI is InChI=1S/C14H13ClN2O3/c1-8(2)17-7-11(9-3-5-10(15)6-4-9)13(18)12(16-17)14(19)20/h3-8H,1-2H3,(H,19,20). The van der Waals surface area contributed by atoms with E-state index in [1.54, 1.807) is 30.5 Å². The molecule has 0 fully saturated rings. The van der Waals surface area contributed by atoms with Crippen LogP contribution in [-0.4, -0.2) is 20.9 Å². The molecule has 0 aliphatic heterocycles. The Morgan fingerprint density at radius 3 is 2.40 bits per heavy atom. The average molecular weight is 293 g/mol. The van der Waals surface area contributed by atoms with Gasteiger partial charge in [-0.1, -0.05) is 23.7 Å². The number of benzene rings is 1. The fraction of sp³-hybridized carbons (Fsp3) is 0.214. The molecule has 1 aromatic carbocycles. The molecular formula is C14H13ClN2O3. The smallest absolute Gasteiger partial charge is 0.360 e. The summed E-state index contributed by atoms with van der Waals surface area (Å²) in [7, 11) is 0. The van der Waals surface area contributed by atoms with Crippen molar-refractivity contribution in [2.24, 2.45) is 0 Å². The molecule has 104 valence electrons. The average Bonchev–Trinajstić information content (AvgIpc) is 2.39. The van der Waals surface area contributed by atoms with Crippen molar-refractivity contribution in [1.82, 2.24) is 9.78 Å². The number of aromatic nitrogens is 2. The number of rotatable bonds is 3. The summed E-state index contributed by atoms with van der Waals surface area (Å²) in [6, 6.07) is 6.60. The Morgan fingerprint density at radius 2 is 1.90 bits per heavy atom. The number of hydrogen-bond acceptors (Lipinski definition) is 3. The van der Waals surface area contributed by atoms with Gasteiger partial charge in [0.15, 0.2) is 0 Å². The molecular weight excluding hydrogens is 280 g/mol. The summed E-state index contributed by atoms with van der Waals surface area (Å²) in [5, 5.41) is 13.5. The number of halogens is 1. The maximum atomic E-state index is 12.2. The summed E-state index contributed by atoms with van der Waals surface area (Å²) in [5.41, 5.74) is -0.177. The molecule has 20 heavy (non-hydrogen) atoms. The zero-order chi connectivity index (χ0) is 14.9. The summed E-state index contributed by atoms with van der Waals surface area (Å²) < 4.78 is 1.47. The van der Waals surface area contributed by atoms with Gasteiger partial charge in [0.2, 0.25) is 11.1 Å². The zero-order valence-electron chi connectivity index (χ0n) is 11.0. The summed E-state index contributed by atoms with van der Waals surface area (Å²) >= 11 is 5.81. The highest BCUT2D eigenvalue weighted by Gasteiger charge is 2.17. The molecule has 0 aliphatic rings. The normalized spacial score (nSPS) is 10.8. The molecule has 2 rings (SSSR count). The van der Waals surface area contributed by atoms with Crippen molar-refractivity contribution in [2.75, 3.05) is 0 Å². The van der Waals surface area contributed by atoms with Crippen LogP contribution in [0.15, 0.2) is 35.3 Å². The largest absolute Gasteiger partial charge is 0.476 e. The van der Waals surface area contributed by atoms with E-state index in [4.69, 9.17) is 16.7 Å². The molecule has 0 unspecified atom stereocenters. The number of carboxylic acids is 1. The van der Waals surface area contributed by atoms with Gasteiger partial charge in [0.1, 0.15) is 0 Å². The number of carbonyl (C=O) groups is 1. The van der Waals surface area contributed by atoms with Crippen molar-refractivity contribution in [3.05, 3.63) is 51.4 Å². The van der Waals surface area contributed by atoms with E-state index >= 15 is 0 Å². The Kier molecular flexibility index (Phi) is 3.90. The van der Waals surface area contributed by atoms with Gasteiger partial charge in [-0.3, -0.25) is 9.48 Å². The second-order valence-corrected chi connectivity index (χ2v) is 5.04. The van der Waals surface area contributed by atoms with Crippen LogP contribution in [0.1, 0.15) is 30.4 Å². The molecule has 0 amide bonds. The first-order valence-electron chi connectivity index (χ1n) is 6.03. The van der Waals surface area contributed by atoms with E-state index in [9.17, 15) is 9.59 Å². The van der Waals surface area contributed by atoms with E-state index in [1.807, 2.05) is 13.8 Å². The lowest BCUT2D eigenvalue weighted by atomic mass is 10.1. The molecule has 6 heteroatoms. The summed E-state index contributed by atoms with van der Waals surface area (Å²) in [5.74, 6) is -1.33. The summed E-state index contributed by atoms with van der Waals surface area (Å²) in [6.07, 6.45) is 1.56. The molecule has 0 spiro atoms. The van der Waals surface area contributed by atoms with Gasteiger partial charge in [0.25, 0.3) is 0 Å². The van der Waals surface area contributed by atoms with Crippen molar-refractivity contribution in [2.45, 2.75) is 19.9 Å². The first-order chi connectivity index (χ1) is 9.40. The minimum absolute atomic E-state index is 0.0558. The molecule has 5 nitrogen and oxygen atoms in total. The molecule has 0 atom stereocenters. The van der Waals surface area contributed by atoms with Crippen molar-refractivity contribution >= 4 is 17.6 Å². The molecule has 2 aromatic rings. The van der Waals surface area contributed by atoms with Crippen molar-refractivity contribution in [1.29, 1.82) is 0 Å². The highest BCUT2D eigenvalue weighted by molar-refractivity contribution is 6.30. The zero-order valence-corrected chi connectivity index (χ0v) is 11.8. The maximum absolute atomic E-state index is 12.2. The van der Waals surface area contributed by atoms with Crippen LogP contribution in [-0.2, 0) is 0 Å². The Morgan fingerprint density at radius 1 is 1.30 bits per heavy atom. The van der Waals surface area contributed by atoms with E-state index in [1.165, 1.54) is 4.68 Å². The third kappa shape index (κ3) is 2.72. The third-order valence-corrected chi connectivity index (χ3v) is 3.08. The van der Waals surface area contributed by atoms with Crippen LogP contribution in [0, 0.1) is 0 Å². The van der Waals surface area contributed by atoms with Gasteiger partial charge in [-0.05, 0) is 31.5 Å². The van der Waals surface area contributed by atoms with Crippen LogP contribution in [0.5, 0.6) is 0 Å². The first kappa shape index (κ1) is 14.3. The highest BCUT2D eigenvalue weighted by Crippen LogP contribution is 2.19. The molecule has 0 saturated heterocycles. The number of hydrogen-bond donors (Lipinski definition) is 1. The van der Waals surface area contributed by atoms with Crippen LogP contribution in [0.2, 0.25) is 5.02 Å². The molecule has 1 N–H and O–H groups in total. The van der Waals surface area contributed by atoms with Crippen LogP contribution in [0.25, 0.3) is 11.1 Å². The quantitative estimate of drug-likeness (QED) is 0.944. The van der Waals surface area contributed by atoms with Crippen LogP contribution < -0.4 is 5.43 Å². The van der Waals surface area contributed by atoms with Crippen molar-refractivity contribution in [3.63, 3.8) is 0 Å². The Labute approximate surface area is 120 Å². The minimum atomic E-state index is -1.33. The minimum Gasteiger partial charge on any atom is -0.476 e. The van der Waals surface area contributed by atoms with E-state index in [2.05, 4.69) is 5.10 Å². The lowest BCUT2D eigenvalue weighted by Crippen LogP contribution is -2.24. The van der Waals surface area contributed by atoms with Crippen LogP contribution >= 0.6 is 11.6 Å². The maximum Gasteiger partial charge on any atom is 0.360 e. The fourth-order valence-corrected chi connectivity index (χ4v) is 1.87. The lowest BCUT2D eigenvalue weighted by Gasteiger charge is -2.12. The van der Waals surface area contributed by atoms with Gasteiger partial charge in [-0.2, -0.15) is 5.10 Å². The van der Waals surface area contributed by atoms with E-state index < -0.39 is 17.1 Å². The summed E-state index contributed by atoms with van der Waals surface area (Å²) in [4.78, 5) is 23.3. The van der Waals surface area contributed by atoms with Crippen LogP contribution in [0.3, 0.4) is 0 Å². The van der Waals surface area contributed by atoms with E-state index in [-0.39, 0.29) is 6.04 Å². The molecule has 0 radical (unpaired) electrons. The predicted octanol–water partition coefficient (Wildman–Crippen LogP) is 2.84. The number of carboxylic acid groups (broad SMARTS) is 1. The fourth-order valence-electron chi connectivity index (χ4n) is 1.75. The molecule has 0 bridgehead atoms. The van der Waals surface area contributed by atoms with Crippen molar-refractivity contribution in [3.8, 4) is 11.1 Å². The van der Waals surface area contributed by atoms with Gasteiger partial charge in [-0.25, -0.2) is 4.79 Å². The lowest BCUT2D eigenvalue weighted by molar-refractivity contribution is 0.0685. The Hall–Kier alpha value is -2.14. The number of aromatic carboxylic acids is 1. The van der Waals surface area contributed by atoms with Gasteiger partial charge in [0, 0.05) is 22.8 Å². The second-order valence-electron chi connectivity index (χ2n) is 4.61. The Balaban J connectivity index is 2.71. The van der Waals surface area contributed by atoms with Gasteiger partial charge >= 0.3 is 5.97 Å². The van der Waals surface area contributed by atoms with E-state index in [0.29, 0.717) is 16.1 Å². The predicted molar refractivity (Wildman–Crippen MR) is 76.3 cm³/mol. The molecule has 1 aromatic heterocycles. The van der Waals surface area contributed by atoms with Gasteiger partial charge in [0.05, 0.1) is 0 Å². The van der Waals surface area contributed by atoms with E-state index in [0.717, 1.165) is 0 Å². The Bertz CT molecular complexity index is 705. The molecule has 0 saturated carbocycles. The molecule has 0 aliphatic carbocycles. The van der Waals surface area contributed by atoms with Crippen molar-refractivity contribution < 1.29 is 9.90 Å². The first-order valence-corrected chi connectivity index (χ1v) is 6.40.